The first-order valence-corrected chi connectivity index (χ1v) is 18.9. The molecule has 0 spiro atoms. The third kappa shape index (κ3) is 4.52. The lowest BCUT2D eigenvalue weighted by Gasteiger charge is -2.14. The standard InChI is InChI=1S/C51H30N4O/c1-2-14-31(15-3-1)49-52-50(32-28-29-37-35-18-5-4-16-33(35)34-17-6-7-19-36(34)43(37)30-32)54-51(53-49)55-44-25-10-8-20-38(44)40-23-12-24-41(48(40)55)39-22-13-27-46-47(39)42-21-9-11-26-45(42)56-46/h1-30H. The lowest BCUT2D eigenvalue weighted by molar-refractivity contribution is 0.669. The summed E-state index contributed by atoms with van der Waals surface area (Å²) in [6, 6.07) is 63.8. The van der Waals surface area contributed by atoms with Gasteiger partial charge in [-0.05, 0) is 62.1 Å². The Morgan fingerprint density at radius 3 is 1.68 bits per heavy atom. The number of hydrogen-bond acceptors (Lipinski definition) is 4. The third-order valence-electron chi connectivity index (χ3n) is 11.2. The summed E-state index contributed by atoms with van der Waals surface area (Å²) < 4.78 is 8.60. The molecule has 0 saturated heterocycles. The first-order chi connectivity index (χ1) is 27.8. The maximum atomic E-state index is 6.37. The number of rotatable bonds is 4. The highest BCUT2D eigenvalue weighted by Crippen LogP contribution is 2.43. The molecule has 56 heavy (non-hydrogen) atoms. The molecule has 0 fully saturated rings. The molecule has 0 aliphatic heterocycles. The smallest absolute Gasteiger partial charge is 0.238 e. The highest BCUT2D eigenvalue weighted by Gasteiger charge is 2.22. The summed E-state index contributed by atoms with van der Waals surface area (Å²) in [4.78, 5) is 15.9. The van der Waals surface area contributed by atoms with Gasteiger partial charge in [-0.25, -0.2) is 4.98 Å². The number of hydrogen-bond donors (Lipinski definition) is 0. The number of benzene rings is 9. The zero-order valence-corrected chi connectivity index (χ0v) is 30.0. The summed E-state index contributed by atoms with van der Waals surface area (Å²) in [5, 5.41) is 11.7. The van der Waals surface area contributed by atoms with Crippen LogP contribution < -0.4 is 0 Å². The highest BCUT2D eigenvalue weighted by molar-refractivity contribution is 6.26. The minimum absolute atomic E-state index is 0.556. The van der Waals surface area contributed by atoms with E-state index in [-0.39, 0.29) is 0 Å². The van der Waals surface area contributed by atoms with E-state index in [4.69, 9.17) is 19.4 Å². The maximum absolute atomic E-state index is 6.37. The van der Waals surface area contributed by atoms with E-state index < -0.39 is 0 Å². The molecule has 260 valence electrons. The van der Waals surface area contributed by atoms with Gasteiger partial charge in [0.2, 0.25) is 5.95 Å². The summed E-state index contributed by atoms with van der Waals surface area (Å²) in [7, 11) is 0. The Labute approximate surface area is 320 Å². The molecule has 0 radical (unpaired) electrons. The van der Waals surface area contributed by atoms with E-state index >= 15 is 0 Å². The summed E-state index contributed by atoms with van der Waals surface area (Å²) in [5.74, 6) is 1.78. The summed E-state index contributed by atoms with van der Waals surface area (Å²) in [6.07, 6.45) is 0. The van der Waals surface area contributed by atoms with Crippen molar-refractivity contribution < 1.29 is 4.42 Å². The zero-order valence-electron chi connectivity index (χ0n) is 30.0. The van der Waals surface area contributed by atoms with Gasteiger partial charge in [0.05, 0.1) is 11.0 Å². The van der Waals surface area contributed by atoms with Crippen molar-refractivity contribution in [3.63, 3.8) is 0 Å². The lowest BCUT2D eigenvalue weighted by atomic mass is 9.93. The van der Waals surface area contributed by atoms with Gasteiger partial charge in [0.1, 0.15) is 11.2 Å². The van der Waals surface area contributed by atoms with E-state index in [0.717, 1.165) is 66.0 Å². The second-order valence-corrected chi connectivity index (χ2v) is 14.3. The highest BCUT2D eigenvalue weighted by atomic mass is 16.3. The normalized spacial score (nSPS) is 11.9. The molecule has 0 atom stereocenters. The molecule has 9 aromatic carbocycles. The minimum Gasteiger partial charge on any atom is -0.456 e. The van der Waals surface area contributed by atoms with Crippen molar-refractivity contribution in [2.45, 2.75) is 0 Å². The topological polar surface area (TPSA) is 56.7 Å². The van der Waals surface area contributed by atoms with Gasteiger partial charge < -0.3 is 4.42 Å². The van der Waals surface area contributed by atoms with Gasteiger partial charge in [-0.1, -0.05) is 158 Å². The molecule has 3 heterocycles. The average Bonchev–Trinajstić information content (AvgIpc) is 3.83. The molecular weight excluding hydrogens is 685 g/mol. The van der Waals surface area contributed by atoms with Crippen LogP contribution in [0.2, 0.25) is 0 Å². The van der Waals surface area contributed by atoms with Crippen molar-refractivity contribution in [2.24, 2.45) is 0 Å². The van der Waals surface area contributed by atoms with Gasteiger partial charge in [0.25, 0.3) is 0 Å². The largest absolute Gasteiger partial charge is 0.456 e. The molecule has 0 aliphatic carbocycles. The minimum atomic E-state index is 0.556. The van der Waals surface area contributed by atoms with Crippen LogP contribution in [0.4, 0.5) is 0 Å². The van der Waals surface area contributed by atoms with E-state index in [9.17, 15) is 0 Å². The number of aromatic nitrogens is 4. The predicted molar refractivity (Wildman–Crippen MR) is 230 cm³/mol. The van der Waals surface area contributed by atoms with Crippen LogP contribution in [-0.4, -0.2) is 19.5 Å². The molecule has 0 bridgehead atoms. The molecule has 0 amide bonds. The molecule has 0 N–H and O–H groups in total. The van der Waals surface area contributed by atoms with E-state index in [1.807, 2.05) is 30.3 Å². The number of furan rings is 1. The van der Waals surface area contributed by atoms with Gasteiger partial charge in [-0.15, -0.1) is 0 Å². The van der Waals surface area contributed by atoms with E-state index in [1.165, 1.54) is 32.3 Å². The molecule has 0 saturated carbocycles. The molecule has 5 heteroatoms. The van der Waals surface area contributed by atoms with Crippen molar-refractivity contribution in [1.29, 1.82) is 0 Å². The van der Waals surface area contributed by atoms with Crippen LogP contribution in [0.3, 0.4) is 0 Å². The Bertz CT molecular complexity index is 3510. The van der Waals surface area contributed by atoms with E-state index in [0.29, 0.717) is 17.6 Å². The van der Waals surface area contributed by atoms with Gasteiger partial charge in [0.15, 0.2) is 11.6 Å². The van der Waals surface area contributed by atoms with Crippen LogP contribution in [0.25, 0.3) is 116 Å². The fraction of sp³-hybridized carbons (Fsp3) is 0. The fourth-order valence-corrected chi connectivity index (χ4v) is 8.80. The Morgan fingerprint density at radius 1 is 0.357 bits per heavy atom. The molecule has 12 aromatic rings. The number of fused-ring (bicyclic) bond motifs is 12. The zero-order chi connectivity index (χ0) is 36.7. The predicted octanol–water partition coefficient (Wildman–Crippen LogP) is 13.3. The van der Waals surface area contributed by atoms with E-state index in [2.05, 4.69) is 156 Å². The Hall–Kier alpha value is -7.63. The molecule has 0 unspecified atom stereocenters. The van der Waals surface area contributed by atoms with Gasteiger partial charge in [-0.3, -0.25) is 4.57 Å². The van der Waals surface area contributed by atoms with Crippen molar-refractivity contribution in [2.75, 3.05) is 0 Å². The first-order valence-electron chi connectivity index (χ1n) is 18.9. The fourth-order valence-electron chi connectivity index (χ4n) is 8.80. The van der Waals surface area contributed by atoms with Crippen LogP contribution in [0.1, 0.15) is 0 Å². The molecule has 0 aliphatic rings. The lowest BCUT2D eigenvalue weighted by Crippen LogP contribution is -2.07. The summed E-state index contributed by atoms with van der Waals surface area (Å²) in [6.45, 7) is 0. The van der Waals surface area contributed by atoms with Gasteiger partial charge in [-0.2, -0.15) is 9.97 Å². The van der Waals surface area contributed by atoms with Crippen LogP contribution in [-0.2, 0) is 0 Å². The Kier molecular flexibility index (Phi) is 6.56. The summed E-state index contributed by atoms with van der Waals surface area (Å²) >= 11 is 0. The Balaban J connectivity index is 1.17. The van der Waals surface area contributed by atoms with Gasteiger partial charge in [0, 0.05) is 38.2 Å². The Morgan fingerprint density at radius 2 is 0.911 bits per heavy atom. The summed E-state index contributed by atoms with van der Waals surface area (Å²) in [5.41, 5.74) is 7.78. The second-order valence-electron chi connectivity index (χ2n) is 14.3. The number of para-hydroxylation sites is 3. The average molecular weight is 715 g/mol. The third-order valence-corrected chi connectivity index (χ3v) is 11.2. The second kappa shape index (κ2) is 11.9. The number of nitrogens with zero attached hydrogens (tertiary/aromatic N) is 4. The van der Waals surface area contributed by atoms with Crippen LogP contribution in [0, 0.1) is 0 Å². The van der Waals surface area contributed by atoms with Crippen molar-refractivity contribution >= 4 is 76.1 Å². The van der Waals surface area contributed by atoms with Gasteiger partial charge >= 0.3 is 0 Å². The van der Waals surface area contributed by atoms with Crippen molar-refractivity contribution in [3.8, 4) is 39.9 Å². The SMILES string of the molecule is c1ccc(-c2nc(-c3ccc4c5ccccc5c5ccccc5c4c3)nc(-n3c4ccccc4c4cccc(-c5cccc6oc7ccccc7c56)c43)n2)cc1. The van der Waals surface area contributed by atoms with Crippen molar-refractivity contribution in [3.05, 3.63) is 182 Å². The quantitative estimate of drug-likeness (QED) is 0.170. The van der Waals surface area contributed by atoms with Crippen LogP contribution in [0.15, 0.2) is 186 Å². The first kappa shape index (κ1) is 30.8. The molecular formula is C51H30N4O. The van der Waals surface area contributed by atoms with Crippen LogP contribution in [0.5, 0.6) is 0 Å². The van der Waals surface area contributed by atoms with Crippen LogP contribution >= 0.6 is 0 Å². The molecule has 12 rings (SSSR count). The molecule has 3 aromatic heterocycles. The maximum Gasteiger partial charge on any atom is 0.238 e. The van der Waals surface area contributed by atoms with E-state index in [1.54, 1.807) is 0 Å². The molecule has 5 nitrogen and oxygen atoms in total. The monoisotopic (exact) mass is 714 g/mol. The van der Waals surface area contributed by atoms with Crippen molar-refractivity contribution in [1.82, 2.24) is 19.5 Å².